The summed E-state index contributed by atoms with van der Waals surface area (Å²) in [5, 5.41) is 0. The maximum absolute atomic E-state index is 13.3. The molecule has 0 atom stereocenters. The van der Waals surface area contributed by atoms with Crippen molar-refractivity contribution < 1.29 is 23.5 Å². The van der Waals surface area contributed by atoms with Gasteiger partial charge in [0, 0.05) is 5.69 Å². The second-order valence-electron chi connectivity index (χ2n) is 7.80. The van der Waals surface area contributed by atoms with E-state index < -0.39 is 6.09 Å². The molecule has 0 bridgehead atoms. The van der Waals surface area contributed by atoms with Crippen molar-refractivity contribution in [3.05, 3.63) is 65.5 Å². The van der Waals surface area contributed by atoms with Crippen LogP contribution in [0, 0.1) is 5.82 Å². The van der Waals surface area contributed by atoms with Gasteiger partial charge in [0.25, 0.3) is 0 Å². The number of halogens is 1. The van der Waals surface area contributed by atoms with Crippen LogP contribution in [0.1, 0.15) is 63.5 Å². The van der Waals surface area contributed by atoms with Crippen molar-refractivity contribution in [3.63, 3.8) is 0 Å². The number of rotatable bonds is 13. The van der Waals surface area contributed by atoms with Gasteiger partial charge >= 0.3 is 12.1 Å². The highest BCUT2D eigenvalue weighted by atomic mass is 19.1. The number of esters is 1. The summed E-state index contributed by atoms with van der Waals surface area (Å²) in [6.45, 7) is 5.25. The topological polar surface area (TPSA) is 55.8 Å². The van der Waals surface area contributed by atoms with Gasteiger partial charge in [0.2, 0.25) is 0 Å². The second-order valence-corrected chi connectivity index (χ2v) is 7.80. The van der Waals surface area contributed by atoms with Gasteiger partial charge in [-0.05, 0) is 48.2 Å². The summed E-state index contributed by atoms with van der Waals surface area (Å²) in [5.41, 5.74) is 2.25. The van der Waals surface area contributed by atoms with E-state index in [0.717, 1.165) is 49.7 Å². The molecular weight excluding hydrogens is 409 g/mol. The highest BCUT2D eigenvalue weighted by Gasteiger charge is 2.18. The fraction of sp³-hybridized carbons (Fsp3) is 0.462. The molecule has 0 aliphatic carbocycles. The van der Waals surface area contributed by atoms with Gasteiger partial charge < -0.3 is 9.47 Å². The summed E-state index contributed by atoms with van der Waals surface area (Å²) < 4.78 is 24.0. The van der Waals surface area contributed by atoms with E-state index in [1.54, 1.807) is 24.3 Å². The molecule has 1 amide bonds. The van der Waals surface area contributed by atoms with Crippen LogP contribution in [0.15, 0.2) is 48.5 Å². The van der Waals surface area contributed by atoms with Gasteiger partial charge in [0.05, 0.1) is 26.2 Å². The standard InChI is InChI=1S/C26H34FNO4/c1-3-5-7-17-31-25(29)19-21-11-15-24(16-12-21)28(26(30)32-18-8-6-4-2)20-22-9-13-23(27)14-10-22/h9-16H,3-8,17-20H2,1-2H3. The van der Waals surface area contributed by atoms with Crippen molar-refractivity contribution in [1.82, 2.24) is 0 Å². The molecule has 0 aliphatic heterocycles. The quantitative estimate of drug-likeness (QED) is 0.264. The molecule has 0 fully saturated rings. The normalized spacial score (nSPS) is 10.6. The molecule has 0 spiro atoms. The zero-order valence-electron chi connectivity index (χ0n) is 19.1. The number of carbonyl (C=O) groups excluding carboxylic acids is 2. The Morgan fingerprint density at radius 1 is 0.781 bits per heavy atom. The number of anilines is 1. The van der Waals surface area contributed by atoms with Crippen LogP contribution in [-0.4, -0.2) is 25.3 Å². The van der Waals surface area contributed by atoms with Gasteiger partial charge in [-0.3, -0.25) is 9.69 Å². The van der Waals surface area contributed by atoms with Crippen LogP contribution >= 0.6 is 0 Å². The van der Waals surface area contributed by atoms with Crippen LogP contribution in [0.5, 0.6) is 0 Å². The van der Waals surface area contributed by atoms with Crippen molar-refractivity contribution >= 4 is 17.7 Å². The molecule has 0 saturated carbocycles. The number of unbranched alkanes of at least 4 members (excludes halogenated alkanes) is 4. The minimum absolute atomic E-state index is 0.186. The second kappa shape index (κ2) is 14.2. The van der Waals surface area contributed by atoms with E-state index in [1.807, 2.05) is 12.1 Å². The molecule has 0 radical (unpaired) electrons. The van der Waals surface area contributed by atoms with Gasteiger partial charge in [-0.25, -0.2) is 9.18 Å². The number of ether oxygens (including phenoxy) is 2. The first kappa shape index (κ1) is 25.4. The third-order valence-corrected chi connectivity index (χ3v) is 5.06. The minimum Gasteiger partial charge on any atom is -0.465 e. The zero-order chi connectivity index (χ0) is 23.2. The van der Waals surface area contributed by atoms with E-state index in [-0.39, 0.29) is 24.8 Å². The van der Waals surface area contributed by atoms with Crippen molar-refractivity contribution in [2.45, 2.75) is 65.3 Å². The van der Waals surface area contributed by atoms with Crippen LogP contribution in [-0.2, 0) is 27.2 Å². The third kappa shape index (κ3) is 9.08. The Bertz CT molecular complexity index is 821. The Hall–Kier alpha value is -2.89. The molecule has 0 N–H and O–H groups in total. The summed E-state index contributed by atoms with van der Waals surface area (Å²) in [4.78, 5) is 26.3. The van der Waals surface area contributed by atoms with E-state index in [0.29, 0.717) is 18.9 Å². The maximum Gasteiger partial charge on any atom is 0.414 e. The van der Waals surface area contributed by atoms with Crippen LogP contribution in [0.25, 0.3) is 0 Å². The molecule has 174 valence electrons. The lowest BCUT2D eigenvalue weighted by Crippen LogP contribution is -2.31. The summed E-state index contributed by atoms with van der Waals surface area (Å²) in [6, 6.07) is 13.2. The first-order valence-electron chi connectivity index (χ1n) is 11.5. The number of amides is 1. The van der Waals surface area contributed by atoms with E-state index in [1.165, 1.54) is 17.0 Å². The van der Waals surface area contributed by atoms with E-state index in [4.69, 9.17) is 9.47 Å². The Morgan fingerprint density at radius 3 is 1.94 bits per heavy atom. The summed E-state index contributed by atoms with van der Waals surface area (Å²) in [6.07, 6.45) is 5.58. The number of nitrogens with zero attached hydrogens (tertiary/aromatic N) is 1. The monoisotopic (exact) mass is 443 g/mol. The lowest BCUT2D eigenvalue weighted by Gasteiger charge is -2.23. The average Bonchev–Trinajstić information content (AvgIpc) is 2.80. The molecule has 5 nitrogen and oxygen atoms in total. The Morgan fingerprint density at radius 2 is 1.34 bits per heavy atom. The van der Waals surface area contributed by atoms with Crippen molar-refractivity contribution in [2.24, 2.45) is 0 Å². The fourth-order valence-corrected chi connectivity index (χ4v) is 3.17. The summed E-state index contributed by atoms with van der Waals surface area (Å²) >= 11 is 0. The van der Waals surface area contributed by atoms with Crippen LogP contribution < -0.4 is 4.90 Å². The first-order valence-corrected chi connectivity index (χ1v) is 11.5. The smallest absolute Gasteiger partial charge is 0.414 e. The van der Waals surface area contributed by atoms with Gasteiger partial charge in [0.1, 0.15) is 5.82 Å². The summed E-state index contributed by atoms with van der Waals surface area (Å²) in [7, 11) is 0. The zero-order valence-corrected chi connectivity index (χ0v) is 19.1. The molecule has 0 aromatic heterocycles. The number of carbonyl (C=O) groups is 2. The average molecular weight is 444 g/mol. The number of hydrogen-bond acceptors (Lipinski definition) is 4. The highest BCUT2D eigenvalue weighted by molar-refractivity contribution is 5.87. The third-order valence-electron chi connectivity index (χ3n) is 5.06. The lowest BCUT2D eigenvalue weighted by atomic mass is 10.1. The summed E-state index contributed by atoms with van der Waals surface area (Å²) in [5.74, 6) is -0.583. The number of benzene rings is 2. The molecule has 2 aromatic rings. The Balaban J connectivity index is 2.04. The van der Waals surface area contributed by atoms with Gasteiger partial charge in [0.15, 0.2) is 0 Å². The van der Waals surface area contributed by atoms with Gasteiger partial charge in [-0.1, -0.05) is 63.8 Å². The Labute approximate surface area is 190 Å². The predicted octanol–water partition coefficient (Wildman–Crippen LogP) is 6.44. The molecule has 6 heteroatoms. The molecule has 0 unspecified atom stereocenters. The predicted molar refractivity (Wildman–Crippen MR) is 124 cm³/mol. The van der Waals surface area contributed by atoms with E-state index in [2.05, 4.69) is 13.8 Å². The molecule has 2 rings (SSSR count). The largest absolute Gasteiger partial charge is 0.465 e. The van der Waals surface area contributed by atoms with Crippen molar-refractivity contribution in [3.8, 4) is 0 Å². The van der Waals surface area contributed by atoms with Gasteiger partial charge in [-0.15, -0.1) is 0 Å². The SMILES string of the molecule is CCCCCOC(=O)Cc1ccc(N(Cc2ccc(F)cc2)C(=O)OCCCCC)cc1. The lowest BCUT2D eigenvalue weighted by molar-refractivity contribution is -0.142. The van der Waals surface area contributed by atoms with Crippen LogP contribution in [0.2, 0.25) is 0 Å². The molecule has 32 heavy (non-hydrogen) atoms. The number of hydrogen-bond donors (Lipinski definition) is 0. The first-order chi connectivity index (χ1) is 15.5. The molecule has 0 aliphatic rings. The molecule has 0 saturated heterocycles. The fourth-order valence-electron chi connectivity index (χ4n) is 3.17. The molecule has 0 heterocycles. The van der Waals surface area contributed by atoms with Crippen molar-refractivity contribution in [1.29, 1.82) is 0 Å². The van der Waals surface area contributed by atoms with E-state index in [9.17, 15) is 14.0 Å². The molecular formula is C26H34FNO4. The Kier molecular flexibility index (Phi) is 11.3. The maximum atomic E-state index is 13.3. The van der Waals surface area contributed by atoms with Crippen molar-refractivity contribution in [2.75, 3.05) is 18.1 Å². The molecule has 2 aromatic carbocycles. The minimum atomic E-state index is -0.450. The van der Waals surface area contributed by atoms with E-state index >= 15 is 0 Å². The van der Waals surface area contributed by atoms with Gasteiger partial charge in [-0.2, -0.15) is 0 Å². The van der Waals surface area contributed by atoms with Crippen LogP contribution in [0.4, 0.5) is 14.9 Å². The van der Waals surface area contributed by atoms with Crippen LogP contribution in [0.3, 0.4) is 0 Å². The highest BCUT2D eigenvalue weighted by Crippen LogP contribution is 2.20.